The zero-order valence-electron chi connectivity index (χ0n) is 8.52. The molecule has 2 aromatic carbocycles. The summed E-state index contributed by atoms with van der Waals surface area (Å²) in [6, 6.07) is 13.0. The first-order valence-electron chi connectivity index (χ1n) is 4.89. The molecule has 0 atom stereocenters. The number of halogens is 1. The summed E-state index contributed by atoms with van der Waals surface area (Å²) in [5.74, 6) is 0.382. The number of ether oxygens (including phenoxy) is 1. The minimum Gasteiger partial charge on any atom is -0.453 e. The lowest BCUT2D eigenvalue weighted by molar-refractivity contribution is 0.327. The summed E-state index contributed by atoms with van der Waals surface area (Å²) in [6.45, 7) is -0.614. The molecule has 3 heteroatoms. The summed E-state index contributed by atoms with van der Waals surface area (Å²) in [6.07, 6.45) is 0. The van der Waals surface area contributed by atoms with Crippen molar-refractivity contribution in [2.45, 2.75) is 6.67 Å². The second-order valence-electron chi connectivity index (χ2n) is 3.29. The van der Waals surface area contributed by atoms with Crippen LogP contribution < -0.4 is 4.74 Å². The summed E-state index contributed by atoms with van der Waals surface area (Å²) in [5.41, 5.74) is 0.436. The Morgan fingerprint density at radius 3 is 2.25 bits per heavy atom. The van der Waals surface area contributed by atoms with E-state index in [1.54, 1.807) is 42.5 Å². The minimum absolute atomic E-state index is 0.211. The first-order chi connectivity index (χ1) is 7.81. The average Bonchev–Trinajstić information content (AvgIpc) is 2.33. The molecule has 81 valence electrons. The molecular weight excluding hydrogens is 207 g/mol. The van der Waals surface area contributed by atoms with E-state index in [0.717, 1.165) is 0 Å². The first-order valence-corrected chi connectivity index (χ1v) is 4.89. The van der Waals surface area contributed by atoms with Crippen LogP contribution in [0.1, 0.15) is 5.56 Å². The second kappa shape index (κ2) is 4.66. The third-order valence-corrected chi connectivity index (χ3v) is 2.19. The third-order valence-electron chi connectivity index (χ3n) is 2.19. The van der Waals surface area contributed by atoms with Crippen LogP contribution >= 0.6 is 0 Å². The molecule has 0 aliphatic rings. The lowest BCUT2D eigenvalue weighted by Crippen LogP contribution is -1.89. The zero-order chi connectivity index (χ0) is 11.4. The second-order valence-corrected chi connectivity index (χ2v) is 3.29. The average molecular weight is 217 g/mol. The normalized spacial score (nSPS) is 10.1. The molecule has 1 radical (unpaired) electrons. The molecular formula is C13H10FO2. The first kappa shape index (κ1) is 10.5. The van der Waals surface area contributed by atoms with Crippen molar-refractivity contribution in [3.63, 3.8) is 0 Å². The van der Waals surface area contributed by atoms with Crippen LogP contribution in [-0.2, 0) is 11.8 Å². The third kappa shape index (κ3) is 2.14. The number of para-hydroxylation sites is 3. The van der Waals surface area contributed by atoms with Gasteiger partial charge in [0, 0.05) is 5.56 Å². The molecule has 2 rings (SSSR count). The summed E-state index contributed by atoms with van der Waals surface area (Å²) < 4.78 is 18.0. The number of alkyl halides is 1. The van der Waals surface area contributed by atoms with Crippen molar-refractivity contribution in [3.8, 4) is 17.2 Å². The molecule has 0 aliphatic heterocycles. The van der Waals surface area contributed by atoms with E-state index < -0.39 is 6.67 Å². The summed E-state index contributed by atoms with van der Waals surface area (Å²) in [4.78, 5) is 0. The van der Waals surface area contributed by atoms with E-state index in [1.807, 2.05) is 0 Å². The van der Waals surface area contributed by atoms with E-state index in [0.29, 0.717) is 11.3 Å². The van der Waals surface area contributed by atoms with Gasteiger partial charge in [-0.15, -0.1) is 0 Å². The minimum atomic E-state index is -0.614. The van der Waals surface area contributed by atoms with Gasteiger partial charge in [-0.05, 0) is 18.2 Å². The van der Waals surface area contributed by atoms with Gasteiger partial charge in [-0.25, -0.2) is 4.39 Å². The Labute approximate surface area is 92.9 Å². The molecule has 2 aromatic rings. The molecule has 0 spiro atoms. The van der Waals surface area contributed by atoms with Gasteiger partial charge >= 0.3 is 0 Å². The standard InChI is InChI=1S/C13H10FO2/c14-9-10-5-1-3-7-12(10)16-13-8-4-2-6-11(13)15/h1-8H,9H2. The Balaban J connectivity index is 2.30. The van der Waals surface area contributed by atoms with Crippen LogP contribution in [0.3, 0.4) is 0 Å². The van der Waals surface area contributed by atoms with Crippen LogP contribution in [0.4, 0.5) is 4.39 Å². The van der Waals surface area contributed by atoms with Gasteiger partial charge in [0.2, 0.25) is 5.75 Å². The highest BCUT2D eigenvalue weighted by molar-refractivity contribution is 5.43. The highest BCUT2D eigenvalue weighted by atomic mass is 19.1. The van der Waals surface area contributed by atoms with Crippen molar-refractivity contribution in [1.29, 1.82) is 0 Å². The molecule has 0 fully saturated rings. The molecule has 0 aliphatic carbocycles. The van der Waals surface area contributed by atoms with Gasteiger partial charge in [0.15, 0.2) is 5.75 Å². The predicted octanol–water partition coefficient (Wildman–Crippen LogP) is 4.09. The van der Waals surface area contributed by atoms with Gasteiger partial charge in [0.1, 0.15) is 12.4 Å². The van der Waals surface area contributed by atoms with Crippen LogP contribution in [0.5, 0.6) is 17.2 Å². The highest BCUT2D eigenvalue weighted by Crippen LogP contribution is 2.32. The van der Waals surface area contributed by atoms with Gasteiger partial charge < -0.3 is 4.74 Å². The molecule has 0 unspecified atom stereocenters. The van der Waals surface area contributed by atoms with Crippen molar-refractivity contribution in [2.75, 3.05) is 0 Å². The Morgan fingerprint density at radius 2 is 1.56 bits per heavy atom. The Hall–Kier alpha value is -2.03. The van der Waals surface area contributed by atoms with Crippen LogP contribution in [0.2, 0.25) is 0 Å². The number of benzene rings is 2. The van der Waals surface area contributed by atoms with Crippen molar-refractivity contribution in [3.05, 3.63) is 54.1 Å². The lowest BCUT2D eigenvalue weighted by Gasteiger charge is -2.08. The fourth-order valence-corrected chi connectivity index (χ4v) is 1.37. The van der Waals surface area contributed by atoms with Crippen LogP contribution in [0, 0.1) is 0 Å². The number of hydrogen-bond acceptors (Lipinski definition) is 1. The topological polar surface area (TPSA) is 29.1 Å². The summed E-state index contributed by atoms with van der Waals surface area (Å²) in [7, 11) is 0. The fourth-order valence-electron chi connectivity index (χ4n) is 1.37. The van der Waals surface area contributed by atoms with E-state index in [1.165, 1.54) is 6.07 Å². The van der Waals surface area contributed by atoms with Gasteiger partial charge in [0.25, 0.3) is 0 Å². The maximum atomic E-state index is 12.6. The van der Waals surface area contributed by atoms with E-state index in [-0.39, 0.29) is 11.5 Å². The van der Waals surface area contributed by atoms with Crippen LogP contribution in [0.25, 0.3) is 0 Å². The molecule has 0 aromatic heterocycles. The van der Waals surface area contributed by atoms with Gasteiger partial charge in [-0.3, -0.25) is 5.11 Å². The van der Waals surface area contributed by atoms with Crippen molar-refractivity contribution in [2.24, 2.45) is 0 Å². The van der Waals surface area contributed by atoms with Gasteiger partial charge in [-0.1, -0.05) is 30.3 Å². The molecule has 0 heterocycles. The van der Waals surface area contributed by atoms with Crippen LogP contribution in [-0.4, -0.2) is 0 Å². The molecule has 2 nitrogen and oxygen atoms in total. The Bertz CT molecular complexity index is 483. The molecule has 0 amide bonds. The number of hydrogen-bond donors (Lipinski definition) is 0. The van der Waals surface area contributed by atoms with Crippen molar-refractivity contribution >= 4 is 0 Å². The van der Waals surface area contributed by atoms with Gasteiger partial charge in [-0.2, -0.15) is 0 Å². The van der Waals surface area contributed by atoms with Crippen LogP contribution in [0.15, 0.2) is 48.5 Å². The highest BCUT2D eigenvalue weighted by Gasteiger charge is 2.07. The summed E-state index contributed by atoms with van der Waals surface area (Å²) in [5, 5.41) is 11.4. The largest absolute Gasteiger partial charge is 0.453 e. The smallest absolute Gasteiger partial charge is 0.221 e. The van der Waals surface area contributed by atoms with E-state index >= 15 is 0 Å². The van der Waals surface area contributed by atoms with Crippen molar-refractivity contribution in [1.82, 2.24) is 0 Å². The Kier molecular flexibility index (Phi) is 3.05. The lowest BCUT2D eigenvalue weighted by atomic mass is 10.2. The van der Waals surface area contributed by atoms with E-state index in [2.05, 4.69) is 0 Å². The molecule has 0 saturated carbocycles. The van der Waals surface area contributed by atoms with Gasteiger partial charge in [0.05, 0.1) is 0 Å². The quantitative estimate of drug-likeness (QED) is 0.761. The SMILES string of the molecule is [O]c1ccccc1Oc1ccccc1CF. The monoisotopic (exact) mass is 217 g/mol. The molecule has 16 heavy (non-hydrogen) atoms. The maximum Gasteiger partial charge on any atom is 0.221 e. The fraction of sp³-hybridized carbons (Fsp3) is 0.0769. The zero-order valence-corrected chi connectivity index (χ0v) is 8.52. The predicted molar refractivity (Wildman–Crippen MR) is 57.9 cm³/mol. The van der Waals surface area contributed by atoms with Crippen molar-refractivity contribution < 1.29 is 14.2 Å². The Morgan fingerprint density at radius 1 is 0.938 bits per heavy atom. The van der Waals surface area contributed by atoms with E-state index in [4.69, 9.17) is 4.74 Å². The maximum absolute atomic E-state index is 12.6. The number of rotatable bonds is 3. The molecule has 0 N–H and O–H groups in total. The molecule has 0 saturated heterocycles. The molecule has 0 bridgehead atoms. The summed E-state index contributed by atoms with van der Waals surface area (Å²) >= 11 is 0. The van der Waals surface area contributed by atoms with E-state index in [9.17, 15) is 9.50 Å².